The van der Waals surface area contributed by atoms with E-state index in [1.807, 2.05) is 106 Å². The van der Waals surface area contributed by atoms with E-state index < -0.39 is 34.2 Å². The van der Waals surface area contributed by atoms with Gasteiger partial charge in [0.15, 0.2) is 0 Å². The fraction of sp³-hybridized carbons (Fsp3) is 0.583. The lowest BCUT2D eigenvalue weighted by Gasteiger charge is -2.47. The number of piperazine rings is 2. The van der Waals surface area contributed by atoms with Crippen LogP contribution in [0.3, 0.4) is 0 Å². The molecule has 6 amide bonds. The average molecular weight is 1300 g/mol. The van der Waals surface area contributed by atoms with E-state index in [1.54, 1.807) is 43.9 Å². The topological polar surface area (TPSA) is 189 Å². The Labute approximate surface area is 553 Å². The maximum atomic E-state index is 15.2. The van der Waals surface area contributed by atoms with Gasteiger partial charge in [-0.2, -0.15) is 0 Å². The number of carbonyl (C=O) groups is 6. The predicted octanol–water partition coefficient (Wildman–Crippen LogP) is 7.35. The average Bonchev–Trinajstić information content (AvgIpc) is 1.59. The summed E-state index contributed by atoms with van der Waals surface area (Å²) in [6.45, 7) is 29.5. The van der Waals surface area contributed by atoms with Gasteiger partial charge in [0.1, 0.15) is 22.8 Å². The van der Waals surface area contributed by atoms with Crippen molar-refractivity contribution >= 4 is 47.2 Å². The molecule has 4 aromatic rings. The standard InChI is InChI=1S/C72H98F2N10O10/c1-47-35-79(57(37-77-27-29-91-43-49(77)3)39-81(47)67(89)93-69(5,6)7)41-63(85)83-45-71(11,59-23-17-53(33-61(59)83)31-51-13-19-55(73)20-14-51)65(87)75-25-26-76-66(88)72(12)46-84(62-34-54(18-24-60(62)72)32-52-15-21-56(74)22-16-52)64(86)42-80-36-48(2)82(68(90)94-70(8,9)10)40-58(80)38-78-28-30-92-44-50(78)4/h13-24,33-34,47-50,57-58H,25-32,35-46H2,1-12H3,(H,75,87)(H,76,88)/t47-,48?,49-,50-,57+,58+,71?,72?/m1/s1. The molecule has 6 aliphatic heterocycles. The molecule has 22 heteroatoms. The lowest BCUT2D eigenvalue weighted by Crippen LogP contribution is -2.64. The third-order valence-corrected chi connectivity index (χ3v) is 19.5. The van der Waals surface area contributed by atoms with Gasteiger partial charge in [0.05, 0.1) is 50.3 Å². The second-order valence-corrected chi connectivity index (χ2v) is 29.4. The molecule has 6 aliphatic rings. The van der Waals surface area contributed by atoms with Gasteiger partial charge in [0.2, 0.25) is 23.6 Å². The summed E-state index contributed by atoms with van der Waals surface area (Å²) in [4.78, 5) is 104. The summed E-state index contributed by atoms with van der Waals surface area (Å²) in [5.74, 6) is -1.78. The summed E-state index contributed by atoms with van der Waals surface area (Å²) in [5, 5.41) is 6.21. The SMILES string of the molecule is CC1CN(CC(=O)N2CC(C)(C(=O)NCCNC(=O)C3(C)CN(C(=O)CN4C[C@@H](C)N(C(=O)OC(C)(C)C)C[C@@H]4CN4CCOC[C@H]4C)c4cc(Cc5ccc(F)cc5)ccc43)c3ccc(Cc4ccc(F)cc4)cc32)[C@@H](CN2CCOC[C@H]2C)CN1C(=O)OC(C)(C)C. The molecule has 510 valence electrons. The number of hydrogen-bond acceptors (Lipinski definition) is 14. The van der Waals surface area contributed by atoms with E-state index in [4.69, 9.17) is 18.9 Å². The van der Waals surface area contributed by atoms with Crippen molar-refractivity contribution in [3.05, 3.63) is 130 Å². The monoisotopic (exact) mass is 1300 g/mol. The Morgan fingerprint density at radius 3 is 1.22 bits per heavy atom. The summed E-state index contributed by atoms with van der Waals surface area (Å²) in [6, 6.07) is 23.4. The lowest BCUT2D eigenvalue weighted by molar-refractivity contribution is -0.128. The van der Waals surface area contributed by atoms with Crippen LogP contribution in [0.1, 0.15) is 116 Å². The van der Waals surface area contributed by atoms with Crippen molar-refractivity contribution in [1.29, 1.82) is 0 Å². The van der Waals surface area contributed by atoms with E-state index in [2.05, 4.69) is 44.1 Å². The Hall–Kier alpha value is -7.08. The third kappa shape index (κ3) is 16.2. The molecule has 6 heterocycles. The van der Waals surface area contributed by atoms with Gasteiger partial charge in [0.25, 0.3) is 0 Å². The number of halogens is 2. The van der Waals surface area contributed by atoms with Crippen molar-refractivity contribution in [3.8, 4) is 0 Å². The molecule has 4 saturated heterocycles. The van der Waals surface area contributed by atoms with Gasteiger partial charge in [-0.05, 0) is 166 Å². The number of fused-ring (bicyclic) bond motifs is 2. The predicted molar refractivity (Wildman–Crippen MR) is 356 cm³/mol. The maximum Gasteiger partial charge on any atom is 0.410 e. The molecule has 3 unspecified atom stereocenters. The zero-order valence-electron chi connectivity index (χ0n) is 57.1. The first-order chi connectivity index (χ1) is 44.4. The van der Waals surface area contributed by atoms with E-state index >= 15 is 9.59 Å². The van der Waals surface area contributed by atoms with Crippen LogP contribution in [0.5, 0.6) is 0 Å². The van der Waals surface area contributed by atoms with Crippen molar-refractivity contribution < 1.29 is 56.5 Å². The van der Waals surface area contributed by atoms with Gasteiger partial charge in [-0.25, -0.2) is 18.4 Å². The minimum Gasteiger partial charge on any atom is -0.444 e. The molecule has 20 nitrogen and oxygen atoms in total. The van der Waals surface area contributed by atoms with Gasteiger partial charge >= 0.3 is 12.2 Å². The molecule has 0 radical (unpaired) electrons. The van der Waals surface area contributed by atoms with Crippen molar-refractivity contribution in [3.63, 3.8) is 0 Å². The van der Waals surface area contributed by atoms with Crippen LogP contribution in [0, 0.1) is 11.6 Å². The highest BCUT2D eigenvalue weighted by Crippen LogP contribution is 2.44. The molecule has 0 spiro atoms. The van der Waals surface area contributed by atoms with Gasteiger partial charge < -0.3 is 49.2 Å². The number of amides is 6. The van der Waals surface area contributed by atoms with E-state index in [1.165, 1.54) is 24.3 Å². The number of rotatable bonds is 17. The fourth-order valence-corrected chi connectivity index (χ4v) is 14.2. The van der Waals surface area contributed by atoms with Crippen LogP contribution in [0.2, 0.25) is 0 Å². The number of benzene rings is 4. The van der Waals surface area contributed by atoms with Crippen LogP contribution in [0.25, 0.3) is 0 Å². The molecule has 0 aliphatic carbocycles. The fourth-order valence-electron chi connectivity index (χ4n) is 14.2. The van der Waals surface area contributed by atoms with Crippen molar-refractivity contribution in [2.75, 3.05) is 128 Å². The maximum absolute atomic E-state index is 15.2. The summed E-state index contributed by atoms with van der Waals surface area (Å²) >= 11 is 0. The zero-order chi connectivity index (χ0) is 67.6. The van der Waals surface area contributed by atoms with E-state index in [0.29, 0.717) is 114 Å². The highest BCUT2D eigenvalue weighted by molar-refractivity contribution is 6.04. The number of ether oxygens (including phenoxy) is 4. The quantitative estimate of drug-likeness (QED) is 0.0999. The van der Waals surface area contributed by atoms with E-state index in [0.717, 1.165) is 22.3 Å². The Morgan fingerprint density at radius 2 is 0.872 bits per heavy atom. The third-order valence-electron chi connectivity index (χ3n) is 19.5. The number of carbonyl (C=O) groups excluding carboxylic acids is 6. The van der Waals surface area contributed by atoms with Crippen LogP contribution in [-0.2, 0) is 61.8 Å². The van der Waals surface area contributed by atoms with Gasteiger partial charge in [-0.1, -0.05) is 48.5 Å². The van der Waals surface area contributed by atoms with E-state index in [9.17, 15) is 28.0 Å². The number of hydrogen-bond donors (Lipinski definition) is 2. The summed E-state index contributed by atoms with van der Waals surface area (Å²) in [6.07, 6.45) is 0.106. The second-order valence-electron chi connectivity index (χ2n) is 29.4. The molecular formula is C72H98F2N10O10. The Bertz CT molecular complexity index is 3180. The molecule has 10 rings (SSSR count). The molecule has 0 saturated carbocycles. The largest absolute Gasteiger partial charge is 0.444 e. The molecule has 8 atom stereocenters. The number of nitrogens with zero attached hydrogens (tertiary/aromatic N) is 8. The first-order valence-electron chi connectivity index (χ1n) is 33.5. The van der Waals surface area contributed by atoms with E-state index in [-0.39, 0.29) is 111 Å². The highest BCUT2D eigenvalue weighted by Gasteiger charge is 2.50. The van der Waals surface area contributed by atoms with Crippen LogP contribution in [0.15, 0.2) is 84.9 Å². The normalized spacial score (nSPS) is 25.6. The van der Waals surface area contributed by atoms with Crippen molar-refractivity contribution in [1.82, 2.24) is 40.0 Å². The highest BCUT2D eigenvalue weighted by atomic mass is 19.1. The van der Waals surface area contributed by atoms with Crippen molar-refractivity contribution in [2.24, 2.45) is 0 Å². The Morgan fingerprint density at radius 1 is 0.511 bits per heavy atom. The molecule has 0 aromatic heterocycles. The van der Waals surface area contributed by atoms with Gasteiger partial charge in [-0.15, -0.1) is 0 Å². The Balaban J connectivity index is 0.858. The number of nitrogens with one attached hydrogen (secondary N) is 2. The first-order valence-corrected chi connectivity index (χ1v) is 33.5. The molecule has 2 N–H and O–H groups in total. The zero-order valence-corrected chi connectivity index (χ0v) is 57.1. The van der Waals surface area contributed by atoms with Crippen molar-refractivity contribution in [2.45, 2.75) is 154 Å². The minimum atomic E-state index is -1.22. The summed E-state index contributed by atoms with van der Waals surface area (Å²) in [7, 11) is 0. The van der Waals surface area contributed by atoms with Crippen LogP contribution in [-0.4, -0.2) is 231 Å². The van der Waals surface area contributed by atoms with Gasteiger partial charge in [0, 0.05) is 126 Å². The molecular weight excluding hydrogens is 1200 g/mol. The Kier molecular flexibility index (Phi) is 21.3. The van der Waals surface area contributed by atoms with Crippen LogP contribution >= 0.6 is 0 Å². The summed E-state index contributed by atoms with van der Waals surface area (Å²) < 4.78 is 51.4. The molecule has 4 aromatic carbocycles. The first kappa shape index (κ1) is 69.7. The number of anilines is 2. The second kappa shape index (κ2) is 28.7. The smallest absolute Gasteiger partial charge is 0.410 e. The van der Waals surface area contributed by atoms with Gasteiger partial charge in [-0.3, -0.25) is 38.8 Å². The summed E-state index contributed by atoms with van der Waals surface area (Å²) in [5.41, 5.74) is 2.17. The lowest BCUT2D eigenvalue weighted by atomic mass is 9.82. The van der Waals surface area contributed by atoms with Crippen LogP contribution in [0.4, 0.5) is 29.7 Å². The molecule has 94 heavy (non-hydrogen) atoms. The molecule has 4 fully saturated rings. The number of morpholine rings is 2. The van der Waals surface area contributed by atoms with Crippen LogP contribution < -0.4 is 20.4 Å². The molecule has 0 bridgehead atoms. The minimum absolute atomic E-state index is 0.0164.